The van der Waals surface area contributed by atoms with Crippen molar-refractivity contribution in [1.82, 2.24) is 10.2 Å². The second kappa shape index (κ2) is 8.43. The first-order valence-corrected chi connectivity index (χ1v) is 9.94. The summed E-state index contributed by atoms with van der Waals surface area (Å²) in [6, 6.07) is 10.1. The highest BCUT2D eigenvalue weighted by atomic mass is 32.1. The normalized spacial score (nSPS) is 17.4. The number of para-hydroxylation sites is 1. The Kier molecular flexibility index (Phi) is 5.99. The number of thiophene rings is 1. The Hall–Kier alpha value is -2.87. The average Bonchev–Trinajstić information content (AvgIpc) is 3.16. The molecule has 2 aromatic rings. The molecule has 7 nitrogen and oxygen atoms in total. The number of benzene rings is 1. The number of rotatable bonds is 5. The van der Waals surface area contributed by atoms with Gasteiger partial charge < -0.3 is 15.3 Å². The maximum atomic E-state index is 13.3. The van der Waals surface area contributed by atoms with Crippen molar-refractivity contribution >= 4 is 34.9 Å². The lowest BCUT2D eigenvalue weighted by Gasteiger charge is -2.27. The highest BCUT2D eigenvalue weighted by Crippen LogP contribution is 2.29. The third-order valence-electron chi connectivity index (χ3n) is 5.02. The van der Waals surface area contributed by atoms with E-state index in [0.717, 1.165) is 21.0 Å². The van der Waals surface area contributed by atoms with Crippen LogP contribution < -0.4 is 10.2 Å². The summed E-state index contributed by atoms with van der Waals surface area (Å²) in [5.74, 6) is -0.665. The number of fused-ring (bicyclic) bond motifs is 1. The van der Waals surface area contributed by atoms with E-state index in [0.29, 0.717) is 19.4 Å². The quantitative estimate of drug-likeness (QED) is 0.806. The second-order valence-electron chi connectivity index (χ2n) is 6.80. The Bertz CT molecular complexity index is 868. The lowest BCUT2D eigenvalue weighted by Crippen LogP contribution is -2.53. The molecule has 0 spiro atoms. The van der Waals surface area contributed by atoms with Gasteiger partial charge in [0.2, 0.25) is 11.8 Å². The van der Waals surface area contributed by atoms with Crippen molar-refractivity contribution in [2.45, 2.75) is 38.4 Å². The first-order valence-electron chi connectivity index (χ1n) is 9.06. The third kappa shape index (κ3) is 4.17. The van der Waals surface area contributed by atoms with E-state index in [4.69, 9.17) is 5.11 Å². The van der Waals surface area contributed by atoms with E-state index in [2.05, 4.69) is 5.32 Å². The van der Waals surface area contributed by atoms with Crippen LogP contribution in [0, 0.1) is 0 Å². The first kappa shape index (κ1) is 19.9. The molecule has 3 amide bonds. The molecule has 1 aliphatic rings. The molecule has 8 heteroatoms. The minimum atomic E-state index is -1.19. The fraction of sp³-hybridized carbons (Fsp3) is 0.350. The molecule has 2 heterocycles. The van der Waals surface area contributed by atoms with Crippen molar-refractivity contribution in [2.75, 3.05) is 11.9 Å². The van der Waals surface area contributed by atoms with E-state index < -0.39 is 24.1 Å². The van der Waals surface area contributed by atoms with Gasteiger partial charge in [-0.2, -0.15) is 0 Å². The molecule has 3 rings (SSSR count). The molecule has 148 valence electrons. The van der Waals surface area contributed by atoms with Crippen molar-refractivity contribution in [3.63, 3.8) is 0 Å². The van der Waals surface area contributed by atoms with Gasteiger partial charge in [-0.3, -0.25) is 14.5 Å². The zero-order valence-electron chi connectivity index (χ0n) is 15.8. The van der Waals surface area contributed by atoms with Crippen molar-refractivity contribution in [3.05, 3.63) is 52.2 Å². The molecule has 1 aromatic heterocycles. The minimum absolute atomic E-state index is 0.183. The zero-order valence-corrected chi connectivity index (χ0v) is 16.6. The molecule has 1 aromatic carbocycles. The van der Waals surface area contributed by atoms with Crippen LogP contribution in [0.2, 0.25) is 0 Å². The van der Waals surface area contributed by atoms with Gasteiger partial charge in [0.05, 0.1) is 6.54 Å². The van der Waals surface area contributed by atoms with Crippen LogP contribution in [0.1, 0.15) is 23.8 Å². The van der Waals surface area contributed by atoms with Gasteiger partial charge in [-0.1, -0.05) is 24.3 Å². The minimum Gasteiger partial charge on any atom is -0.465 e. The van der Waals surface area contributed by atoms with Crippen LogP contribution in [0.4, 0.5) is 10.5 Å². The van der Waals surface area contributed by atoms with Gasteiger partial charge >= 0.3 is 6.09 Å². The standard InChI is InChI=1S/C20H23N3O4S/c1-13(22(2)20(26)27)18(24)21-16-10-9-14-6-3-4-8-17(14)23(19(16)25)12-15-7-5-11-28-15/h3-8,11,13,16H,9-10,12H2,1-2H3,(H,21,24)(H,26,27)/t13-,16-/m0/s1. The van der Waals surface area contributed by atoms with Crippen LogP contribution in [-0.2, 0) is 22.6 Å². The molecule has 0 aliphatic carbocycles. The summed E-state index contributed by atoms with van der Waals surface area (Å²) in [6.07, 6.45) is -0.0789. The molecule has 0 radical (unpaired) electrons. The summed E-state index contributed by atoms with van der Waals surface area (Å²) in [4.78, 5) is 40.6. The van der Waals surface area contributed by atoms with Crippen LogP contribution >= 0.6 is 11.3 Å². The monoisotopic (exact) mass is 401 g/mol. The molecule has 28 heavy (non-hydrogen) atoms. The van der Waals surface area contributed by atoms with Gasteiger partial charge in [0.1, 0.15) is 12.1 Å². The predicted octanol–water partition coefficient (Wildman–Crippen LogP) is 2.71. The number of likely N-dealkylation sites (N-methyl/N-ethyl adjacent to an activating group) is 1. The summed E-state index contributed by atoms with van der Waals surface area (Å²) >= 11 is 1.57. The van der Waals surface area contributed by atoms with E-state index in [1.165, 1.54) is 14.0 Å². The number of anilines is 1. The summed E-state index contributed by atoms with van der Waals surface area (Å²) in [5.41, 5.74) is 1.91. The van der Waals surface area contributed by atoms with E-state index in [-0.39, 0.29) is 5.91 Å². The molecule has 2 N–H and O–H groups in total. The Labute approximate surface area is 167 Å². The maximum Gasteiger partial charge on any atom is 0.407 e. The Morgan fingerprint density at radius 2 is 2.07 bits per heavy atom. The summed E-state index contributed by atoms with van der Waals surface area (Å²) < 4.78 is 0. The summed E-state index contributed by atoms with van der Waals surface area (Å²) in [7, 11) is 1.33. The number of carboxylic acid groups (broad SMARTS) is 1. The number of carbonyl (C=O) groups is 3. The average molecular weight is 401 g/mol. The lowest BCUT2D eigenvalue weighted by atomic mass is 10.1. The second-order valence-corrected chi connectivity index (χ2v) is 7.83. The molecule has 1 aliphatic heterocycles. The Balaban J connectivity index is 1.83. The van der Waals surface area contributed by atoms with Crippen LogP contribution in [0.3, 0.4) is 0 Å². The molecule has 0 fully saturated rings. The highest BCUT2D eigenvalue weighted by molar-refractivity contribution is 7.09. The molecule has 0 bridgehead atoms. The van der Waals surface area contributed by atoms with Gasteiger partial charge in [-0.05, 0) is 42.8 Å². The van der Waals surface area contributed by atoms with E-state index >= 15 is 0 Å². The number of hydrogen-bond donors (Lipinski definition) is 2. The van der Waals surface area contributed by atoms with Crippen LogP contribution in [0.15, 0.2) is 41.8 Å². The fourth-order valence-corrected chi connectivity index (χ4v) is 3.90. The van der Waals surface area contributed by atoms with E-state index in [1.807, 2.05) is 41.8 Å². The van der Waals surface area contributed by atoms with Gasteiger partial charge in [0, 0.05) is 17.6 Å². The predicted molar refractivity (Wildman–Crippen MR) is 107 cm³/mol. The SMILES string of the molecule is C[C@@H](C(=O)N[C@H]1CCc2ccccc2N(Cc2cccs2)C1=O)N(C)C(=O)O. The van der Waals surface area contributed by atoms with E-state index in [9.17, 15) is 14.4 Å². The molecule has 2 atom stereocenters. The molecule has 0 saturated carbocycles. The third-order valence-corrected chi connectivity index (χ3v) is 5.88. The van der Waals surface area contributed by atoms with Gasteiger partial charge in [0.25, 0.3) is 0 Å². The Morgan fingerprint density at radius 3 is 2.75 bits per heavy atom. The Morgan fingerprint density at radius 1 is 1.32 bits per heavy atom. The summed E-state index contributed by atoms with van der Waals surface area (Å²) in [5, 5.41) is 13.8. The molecular weight excluding hydrogens is 378 g/mol. The highest BCUT2D eigenvalue weighted by Gasteiger charge is 2.33. The van der Waals surface area contributed by atoms with Crippen molar-refractivity contribution < 1.29 is 19.5 Å². The largest absolute Gasteiger partial charge is 0.465 e. The van der Waals surface area contributed by atoms with Crippen molar-refractivity contribution in [3.8, 4) is 0 Å². The number of aryl methyl sites for hydroxylation is 1. The van der Waals surface area contributed by atoms with Crippen LogP contribution in [0.25, 0.3) is 0 Å². The first-order chi connectivity index (χ1) is 13.4. The summed E-state index contributed by atoms with van der Waals surface area (Å²) in [6.45, 7) is 1.94. The van der Waals surface area contributed by atoms with Gasteiger partial charge in [-0.15, -0.1) is 11.3 Å². The van der Waals surface area contributed by atoms with Gasteiger partial charge in [-0.25, -0.2) is 4.79 Å². The smallest absolute Gasteiger partial charge is 0.407 e. The topological polar surface area (TPSA) is 90.0 Å². The molecule has 0 unspecified atom stereocenters. The van der Waals surface area contributed by atoms with Crippen molar-refractivity contribution in [2.24, 2.45) is 0 Å². The van der Waals surface area contributed by atoms with Crippen LogP contribution in [0.5, 0.6) is 0 Å². The number of nitrogens with one attached hydrogen (secondary N) is 1. The van der Waals surface area contributed by atoms with Gasteiger partial charge in [0.15, 0.2) is 0 Å². The number of hydrogen-bond acceptors (Lipinski definition) is 4. The number of amides is 3. The fourth-order valence-electron chi connectivity index (χ4n) is 3.20. The van der Waals surface area contributed by atoms with E-state index in [1.54, 1.807) is 16.2 Å². The number of nitrogens with zero attached hydrogens (tertiary/aromatic N) is 2. The van der Waals surface area contributed by atoms with Crippen LogP contribution in [-0.4, -0.2) is 47.0 Å². The number of carbonyl (C=O) groups excluding carboxylic acids is 2. The molecule has 0 saturated heterocycles. The zero-order chi connectivity index (χ0) is 20.3. The maximum absolute atomic E-state index is 13.3. The van der Waals surface area contributed by atoms with Crippen molar-refractivity contribution in [1.29, 1.82) is 0 Å². The lowest BCUT2D eigenvalue weighted by molar-refractivity contribution is -0.130. The molecular formula is C20H23N3O4S.